The lowest BCUT2D eigenvalue weighted by atomic mass is 10.1. The third kappa shape index (κ3) is 3.38. The molecule has 0 saturated heterocycles. The second-order valence-electron chi connectivity index (χ2n) is 5.55. The lowest BCUT2D eigenvalue weighted by molar-refractivity contribution is -0.114. The van der Waals surface area contributed by atoms with Gasteiger partial charge in [-0.25, -0.2) is 9.37 Å². The largest absolute Gasteiger partial charge is 0.486 e. The number of carbonyl (C=O) groups excluding carboxylic acids is 1. The molecule has 0 unspecified atom stereocenters. The number of aromatic nitrogens is 1. The van der Waals surface area contributed by atoms with Crippen LogP contribution in [0, 0.1) is 19.7 Å². The first-order valence-corrected chi connectivity index (χ1v) is 8.31. The molecular weight excluding hydrogens is 327 g/mol. The summed E-state index contributed by atoms with van der Waals surface area (Å²) in [4.78, 5) is 15.6. The van der Waals surface area contributed by atoms with Gasteiger partial charge in [-0.2, -0.15) is 0 Å². The second-order valence-corrected chi connectivity index (χ2v) is 6.67. The Bertz CT molecular complexity index is 921. The van der Waals surface area contributed by atoms with Crippen molar-refractivity contribution in [2.45, 2.75) is 27.4 Å². The van der Waals surface area contributed by atoms with Crippen molar-refractivity contribution in [1.29, 1.82) is 0 Å². The van der Waals surface area contributed by atoms with E-state index in [0.717, 1.165) is 32.3 Å². The van der Waals surface area contributed by atoms with Crippen LogP contribution in [0.15, 0.2) is 30.3 Å². The molecule has 0 bridgehead atoms. The Hall–Kier alpha value is -2.47. The summed E-state index contributed by atoms with van der Waals surface area (Å²) in [7, 11) is 0. The molecule has 1 amide bonds. The predicted octanol–water partition coefficient (Wildman–Crippen LogP) is 4.59. The van der Waals surface area contributed by atoms with E-state index < -0.39 is 0 Å². The highest BCUT2D eigenvalue weighted by atomic mass is 32.1. The molecule has 6 heteroatoms. The monoisotopic (exact) mass is 344 g/mol. The van der Waals surface area contributed by atoms with Gasteiger partial charge < -0.3 is 10.1 Å². The third-order valence-corrected chi connectivity index (χ3v) is 4.80. The molecule has 2 aromatic carbocycles. The van der Waals surface area contributed by atoms with Gasteiger partial charge in [0.2, 0.25) is 5.91 Å². The normalized spacial score (nSPS) is 10.8. The zero-order valence-electron chi connectivity index (χ0n) is 13.6. The minimum atomic E-state index is -0.291. The Morgan fingerprint density at radius 1 is 1.25 bits per heavy atom. The summed E-state index contributed by atoms with van der Waals surface area (Å²) < 4.78 is 20.0. The summed E-state index contributed by atoms with van der Waals surface area (Å²) in [6.45, 7) is 5.69. The highest BCUT2D eigenvalue weighted by Gasteiger charge is 2.10. The number of ether oxygens (including phenoxy) is 1. The van der Waals surface area contributed by atoms with Crippen LogP contribution in [-0.2, 0) is 11.4 Å². The van der Waals surface area contributed by atoms with E-state index in [1.807, 2.05) is 26.0 Å². The van der Waals surface area contributed by atoms with Gasteiger partial charge >= 0.3 is 0 Å². The maximum Gasteiger partial charge on any atom is 0.221 e. The summed E-state index contributed by atoms with van der Waals surface area (Å²) in [5, 5.41) is 3.59. The van der Waals surface area contributed by atoms with E-state index in [2.05, 4.69) is 10.3 Å². The van der Waals surface area contributed by atoms with Gasteiger partial charge in [0.1, 0.15) is 23.2 Å². The molecular formula is C18H17FN2O2S. The van der Waals surface area contributed by atoms with Crippen molar-refractivity contribution < 1.29 is 13.9 Å². The molecule has 3 rings (SSSR count). The fourth-order valence-corrected chi connectivity index (χ4v) is 3.29. The molecule has 0 radical (unpaired) electrons. The molecule has 0 saturated carbocycles. The molecule has 0 aliphatic heterocycles. The summed E-state index contributed by atoms with van der Waals surface area (Å²) in [6.07, 6.45) is 0. The van der Waals surface area contributed by atoms with Gasteiger partial charge in [-0.15, -0.1) is 11.3 Å². The van der Waals surface area contributed by atoms with E-state index in [-0.39, 0.29) is 11.7 Å². The molecule has 1 heterocycles. The van der Waals surface area contributed by atoms with Crippen molar-refractivity contribution in [2.75, 3.05) is 5.32 Å². The molecule has 0 atom stereocenters. The van der Waals surface area contributed by atoms with Crippen molar-refractivity contribution in [2.24, 2.45) is 0 Å². The van der Waals surface area contributed by atoms with Crippen LogP contribution in [-0.4, -0.2) is 10.9 Å². The molecule has 0 aliphatic carbocycles. The predicted molar refractivity (Wildman–Crippen MR) is 94.1 cm³/mol. The molecule has 1 aromatic heterocycles. The van der Waals surface area contributed by atoms with Crippen LogP contribution in [0.25, 0.3) is 10.2 Å². The Kier molecular flexibility index (Phi) is 4.49. The number of rotatable bonds is 4. The Morgan fingerprint density at radius 3 is 2.79 bits per heavy atom. The number of anilines is 1. The zero-order valence-corrected chi connectivity index (χ0v) is 14.5. The molecule has 3 aromatic rings. The number of amides is 1. The minimum absolute atomic E-state index is 0.104. The van der Waals surface area contributed by atoms with Crippen LogP contribution in [0.1, 0.15) is 23.1 Å². The Morgan fingerprint density at radius 2 is 2.04 bits per heavy atom. The van der Waals surface area contributed by atoms with E-state index in [1.54, 1.807) is 6.07 Å². The molecule has 124 valence electrons. The van der Waals surface area contributed by atoms with Crippen molar-refractivity contribution in [3.05, 3.63) is 52.3 Å². The SMILES string of the molecule is CC(=O)Nc1ccc(OCc2nc3cc(F)ccc3s2)c(C)c1C. The molecule has 24 heavy (non-hydrogen) atoms. The van der Waals surface area contributed by atoms with Crippen LogP contribution in [0.2, 0.25) is 0 Å². The van der Waals surface area contributed by atoms with Gasteiger partial charge in [-0.1, -0.05) is 0 Å². The first-order chi connectivity index (χ1) is 11.4. The van der Waals surface area contributed by atoms with Crippen molar-refractivity contribution >= 4 is 33.1 Å². The standard InChI is InChI=1S/C18H17FN2O2S/c1-10-11(2)16(6-5-14(10)20-12(3)22)23-9-18-21-15-8-13(19)4-7-17(15)24-18/h4-8H,9H2,1-3H3,(H,20,22). The number of nitrogens with one attached hydrogen (secondary N) is 1. The lowest BCUT2D eigenvalue weighted by Gasteiger charge is -2.14. The van der Waals surface area contributed by atoms with Gasteiger partial charge in [0, 0.05) is 18.7 Å². The van der Waals surface area contributed by atoms with Gasteiger partial charge in [-0.3, -0.25) is 4.79 Å². The number of benzene rings is 2. The highest BCUT2D eigenvalue weighted by Crippen LogP contribution is 2.29. The van der Waals surface area contributed by atoms with Crippen LogP contribution in [0.4, 0.5) is 10.1 Å². The average Bonchev–Trinajstić information content (AvgIpc) is 2.92. The van der Waals surface area contributed by atoms with E-state index in [1.165, 1.54) is 30.4 Å². The van der Waals surface area contributed by atoms with Gasteiger partial charge in [0.15, 0.2) is 0 Å². The summed E-state index contributed by atoms with van der Waals surface area (Å²) in [6, 6.07) is 8.24. The summed E-state index contributed by atoms with van der Waals surface area (Å²) >= 11 is 1.49. The summed E-state index contributed by atoms with van der Waals surface area (Å²) in [5.74, 6) is 0.347. The van der Waals surface area contributed by atoms with Crippen molar-refractivity contribution in [3.8, 4) is 5.75 Å². The molecule has 1 N–H and O–H groups in total. The third-order valence-electron chi connectivity index (χ3n) is 3.79. The second kappa shape index (κ2) is 6.57. The van der Waals surface area contributed by atoms with Crippen LogP contribution < -0.4 is 10.1 Å². The molecule has 4 nitrogen and oxygen atoms in total. The first kappa shape index (κ1) is 16.4. The number of hydrogen-bond acceptors (Lipinski definition) is 4. The minimum Gasteiger partial charge on any atom is -0.486 e. The van der Waals surface area contributed by atoms with Gasteiger partial charge in [-0.05, 0) is 49.2 Å². The zero-order chi connectivity index (χ0) is 17.3. The maximum absolute atomic E-state index is 13.2. The Labute approximate surface area is 143 Å². The number of carbonyl (C=O) groups is 1. The molecule has 0 spiro atoms. The lowest BCUT2D eigenvalue weighted by Crippen LogP contribution is -2.08. The highest BCUT2D eigenvalue weighted by molar-refractivity contribution is 7.18. The maximum atomic E-state index is 13.2. The Balaban J connectivity index is 1.78. The van der Waals surface area contributed by atoms with E-state index in [4.69, 9.17) is 4.74 Å². The quantitative estimate of drug-likeness (QED) is 0.753. The number of nitrogens with zero attached hydrogens (tertiary/aromatic N) is 1. The molecule has 0 fully saturated rings. The van der Waals surface area contributed by atoms with E-state index in [9.17, 15) is 9.18 Å². The molecule has 0 aliphatic rings. The fraction of sp³-hybridized carbons (Fsp3) is 0.222. The fourth-order valence-electron chi connectivity index (χ4n) is 2.43. The van der Waals surface area contributed by atoms with Gasteiger partial charge in [0.25, 0.3) is 0 Å². The first-order valence-electron chi connectivity index (χ1n) is 7.49. The number of halogens is 1. The van der Waals surface area contributed by atoms with Crippen LogP contribution >= 0.6 is 11.3 Å². The van der Waals surface area contributed by atoms with Crippen LogP contribution in [0.3, 0.4) is 0 Å². The van der Waals surface area contributed by atoms with Crippen molar-refractivity contribution in [3.63, 3.8) is 0 Å². The summed E-state index contributed by atoms with van der Waals surface area (Å²) in [5.41, 5.74) is 3.36. The smallest absolute Gasteiger partial charge is 0.221 e. The topological polar surface area (TPSA) is 51.2 Å². The number of hydrogen-bond donors (Lipinski definition) is 1. The van der Waals surface area contributed by atoms with E-state index in [0.29, 0.717) is 12.1 Å². The number of fused-ring (bicyclic) bond motifs is 1. The van der Waals surface area contributed by atoms with Gasteiger partial charge in [0.05, 0.1) is 10.2 Å². The van der Waals surface area contributed by atoms with E-state index >= 15 is 0 Å². The average molecular weight is 344 g/mol. The van der Waals surface area contributed by atoms with Crippen molar-refractivity contribution in [1.82, 2.24) is 4.98 Å². The number of thiazole rings is 1. The van der Waals surface area contributed by atoms with Crippen LogP contribution in [0.5, 0.6) is 5.75 Å².